The molecule has 0 saturated heterocycles. The number of carbonyl (C=O) groups excluding carboxylic acids is 1. The number of aldehydes is 1. The lowest BCUT2D eigenvalue weighted by Gasteiger charge is -2.07. The number of nitrogens with zero attached hydrogens (tertiary/aromatic N) is 1. The minimum absolute atomic E-state index is 0.714. The molecule has 0 fully saturated rings. The zero-order valence-electron chi connectivity index (χ0n) is 10.2. The van der Waals surface area contributed by atoms with Crippen LogP contribution in [-0.4, -0.2) is 10.9 Å². The molecule has 0 N–H and O–H groups in total. The van der Waals surface area contributed by atoms with Gasteiger partial charge in [-0.05, 0) is 35.9 Å². The van der Waals surface area contributed by atoms with Crippen LogP contribution in [0.1, 0.15) is 15.9 Å². The van der Waals surface area contributed by atoms with Crippen LogP contribution in [-0.2, 0) is 6.54 Å². The summed E-state index contributed by atoms with van der Waals surface area (Å²) in [5.41, 5.74) is 3.09. The summed E-state index contributed by atoms with van der Waals surface area (Å²) in [5.74, 6) is 0. The molecule has 19 heavy (non-hydrogen) atoms. The number of benzene rings is 2. The van der Waals surface area contributed by atoms with Crippen LogP contribution in [0, 0.1) is 0 Å². The van der Waals surface area contributed by atoms with Gasteiger partial charge in [-0.2, -0.15) is 0 Å². The van der Waals surface area contributed by atoms with Crippen molar-refractivity contribution in [1.82, 2.24) is 4.57 Å². The Morgan fingerprint density at radius 3 is 2.74 bits per heavy atom. The molecule has 1 heterocycles. The van der Waals surface area contributed by atoms with E-state index in [1.54, 1.807) is 0 Å². The first kappa shape index (κ1) is 12.2. The van der Waals surface area contributed by atoms with Gasteiger partial charge in [0.05, 0.1) is 0 Å². The van der Waals surface area contributed by atoms with E-state index in [1.165, 1.54) is 5.56 Å². The molecule has 0 aliphatic heterocycles. The molecule has 94 valence electrons. The highest BCUT2D eigenvalue weighted by Crippen LogP contribution is 2.21. The first-order chi connectivity index (χ1) is 9.28. The van der Waals surface area contributed by atoms with Gasteiger partial charge in [-0.3, -0.25) is 4.79 Å². The van der Waals surface area contributed by atoms with Gasteiger partial charge in [0.1, 0.15) is 6.29 Å². The zero-order valence-corrected chi connectivity index (χ0v) is 11.8. The van der Waals surface area contributed by atoms with Crippen LogP contribution < -0.4 is 0 Å². The summed E-state index contributed by atoms with van der Waals surface area (Å²) in [4.78, 5) is 10.8. The minimum Gasteiger partial charge on any atom is -0.343 e. The maximum absolute atomic E-state index is 10.8. The van der Waals surface area contributed by atoms with E-state index in [1.807, 2.05) is 42.5 Å². The molecule has 3 aromatic rings. The second-order valence-electron chi connectivity index (χ2n) is 4.47. The summed E-state index contributed by atoms with van der Waals surface area (Å²) in [6.45, 7) is 0.811. The maximum atomic E-state index is 10.8. The molecular weight excluding hydrogens is 302 g/mol. The van der Waals surface area contributed by atoms with E-state index in [-0.39, 0.29) is 0 Å². The maximum Gasteiger partial charge on any atom is 0.150 e. The molecule has 0 atom stereocenters. The Morgan fingerprint density at radius 1 is 1.11 bits per heavy atom. The second kappa shape index (κ2) is 5.02. The third-order valence-corrected chi connectivity index (χ3v) is 4.00. The molecule has 0 saturated carbocycles. The van der Waals surface area contributed by atoms with Crippen LogP contribution in [0.3, 0.4) is 0 Å². The average Bonchev–Trinajstić information content (AvgIpc) is 2.83. The van der Waals surface area contributed by atoms with Gasteiger partial charge in [-0.25, -0.2) is 0 Å². The molecule has 1 aromatic heterocycles. The van der Waals surface area contributed by atoms with Crippen molar-refractivity contribution in [2.75, 3.05) is 0 Å². The molecule has 0 amide bonds. The van der Waals surface area contributed by atoms with Crippen molar-refractivity contribution in [3.8, 4) is 0 Å². The van der Waals surface area contributed by atoms with Gasteiger partial charge < -0.3 is 4.57 Å². The highest BCUT2D eigenvalue weighted by Gasteiger charge is 2.04. The Kier molecular flexibility index (Phi) is 3.22. The third kappa shape index (κ3) is 2.34. The summed E-state index contributed by atoms with van der Waals surface area (Å²) < 4.78 is 3.30. The van der Waals surface area contributed by atoms with Gasteiger partial charge >= 0.3 is 0 Å². The van der Waals surface area contributed by atoms with E-state index < -0.39 is 0 Å². The van der Waals surface area contributed by atoms with Gasteiger partial charge in [0.25, 0.3) is 0 Å². The molecule has 3 heteroatoms. The lowest BCUT2D eigenvalue weighted by Crippen LogP contribution is -1.98. The monoisotopic (exact) mass is 313 g/mol. The van der Waals surface area contributed by atoms with E-state index in [4.69, 9.17) is 0 Å². The average molecular weight is 314 g/mol. The van der Waals surface area contributed by atoms with Gasteiger partial charge in [0.2, 0.25) is 0 Å². The van der Waals surface area contributed by atoms with E-state index in [2.05, 4.69) is 32.8 Å². The Bertz CT molecular complexity index is 745. The highest BCUT2D eigenvalue weighted by atomic mass is 79.9. The van der Waals surface area contributed by atoms with Crippen molar-refractivity contribution >= 4 is 33.1 Å². The van der Waals surface area contributed by atoms with Crippen LogP contribution in [0.5, 0.6) is 0 Å². The normalized spacial score (nSPS) is 10.8. The number of halogens is 1. The van der Waals surface area contributed by atoms with Gasteiger partial charge in [-0.1, -0.05) is 34.1 Å². The molecular formula is C16H12BrNO. The van der Waals surface area contributed by atoms with Crippen molar-refractivity contribution in [1.29, 1.82) is 0 Å². The van der Waals surface area contributed by atoms with E-state index in [0.29, 0.717) is 5.56 Å². The molecule has 0 unspecified atom stereocenters. The number of rotatable bonds is 3. The Hall–Kier alpha value is -1.87. The Balaban J connectivity index is 2.02. The van der Waals surface area contributed by atoms with Crippen LogP contribution in [0.2, 0.25) is 0 Å². The fourth-order valence-corrected chi connectivity index (χ4v) is 2.65. The van der Waals surface area contributed by atoms with Crippen LogP contribution in [0.4, 0.5) is 0 Å². The van der Waals surface area contributed by atoms with Crippen LogP contribution in [0.25, 0.3) is 10.9 Å². The van der Waals surface area contributed by atoms with Crippen LogP contribution in [0.15, 0.2) is 59.2 Å². The van der Waals surface area contributed by atoms with Gasteiger partial charge in [-0.15, -0.1) is 0 Å². The molecule has 0 radical (unpaired) electrons. The number of aromatic nitrogens is 1. The van der Waals surface area contributed by atoms with E-state index in [0.717, 1.165) is 28.2 Å². The standard InChI is InChI=1S/C16H12BrNO/c17-15-4-2-1-3-14(15)10-18-8-7-13-9-12(11-19)5-6-16(13)18/h1-9,11H,10H2. The number of hydrogen-bond donors (Lipinski definition) is 0. The van der Waals surface area contributed by atoms with Crippen LogP contribution >= 0.6 is 15.9 Å². The summed E-state index contributed by atoms with van der Waals surface area (Å²) >= 11 is 3.57. The first-order valence-electron chi connectivity index (χ1n) is 6.05. The number of carbonyl (C=O) groups is 1. The van der Waals surface area contributed by atoms with E-state index in [9.17, 15) is 4.79 Å². The largest absolute Gasteiger partial charge is 0.343 e. The molecule has 2 aromatic carbocycles. The Labute approximate surface area is 119 Å². The van der Waals surface area contributed by atoms with E-state index >= 15 is 0 Å². The van der Waals surface area contributed by atoms with Crippen molar-refractivity contribution in [2.24, 2.45) is 0 Å². The lowest BCUT2D eigenvalue weighted by atomic mass is 10.2. The summed E-state index contributed by atoms with van der Waals surface area (Å²) in [6.07, 6.45) is 2.93. The highest BCUT2D eigenvalue weighted by molar-refractivity contribution is 9.10. The third-order valence-electron chi connectivity index (χ3n) is 3.23. The molecule has 0 spiro atoms. The SMILES string of the molecule is O=Cc1ccc2c(ccn2Cc2ccccc2Br)c1. The smallest absolute Gasteiger partial charge is 0.150 e. The van der Waals surface area contributed by atoms with Gasteiger partial charge in [0.15, 0.2) is 0 Å². The Morgan fingerprint density at radius 2 is 1.95 bits per heavy atom. The van der Waals surface area contributed by atoms with Crippen molar-refractivity contribution in [3.63, 3.8) is 0 Å². The zero-order chi connectivity index (χ0) is 13.2. The molecule has 3 rings (SSSR count). The lowest BCUT2D eigenvalue weighted by molar-refractivity contribution is 0.112. The predicted octanol–water partition coefficient (Wildman–Crippen LogP) is 4.26. The quantitative estimate of drug-likeness (QED) is 0.662. The first-order valence-corrected chi connectivity index (χ1v) is 6.85. The van der Waals surface area contributed by atoms with Gasteiger partial charge in [0, 0.05) is 33.7 Å². The van der Waals surface area contributed by atoms with Crippen molar-refractivity contribution < 1.29 is 4.79 Å². The fraction of sp³-hybridized carbons (Fsp3) is 0.0625. The second-order valence-corrected chi connectivity index (χ2v) is 5.33. The topological polar surface area (TPSA) is 22.0 Å². The molecule has 0 bridgehead atoms. The summed E-state index contributed by atoms with van der Waals surface area (Å²) in [7, 11) is 0. The molecule has 2 nitrogen and oxygen atoms in total. The molecule has 0 aliphatic rings. The number of fused-ring (bicyclic) bond motifs is 1. The number of hydrogen-bond acceptors (Lipinski definition) is 1. The fourth-order valence-electron chi connectivity index (χ4n) is 2.24. The van der Waals surface area contributed by atoms with Crippen molar-refractivity contribution in [3.05, 3.63) is 70.3 Å². The predicted molar refractivity (Wildman–Crippen MR) is 80.6 cm³/mol. The summed E-state index contributed by atoms with van der Waals surface area (Å²) in [5, 5.41) is 1.09. The molecule has 0 aliphatic carbocycles. The van der Waals surface area contributed by atoms with Crippen molar-refractivity contribution in [2.45, 2.75) is 6.54 Å². The summed E-state index contributed by atoms with van der Waals surface area (Å²) in [6, 6.07) is 16.0. The minimum atomic E-state index is 0.714.